The normalized spacial score (nSPS) is 10.6. The first-order chi connectivity index (χ1) is 7.50. The minimum absolute atomic E-state index is 0.0374. The molecule has 0 saturated carbocycles. The number of rotatable bonds is 4. The van der Waals surface area contributed by atoms with Gasteiger partial charge in [-0.1, -0.05) is 18.7 Å². The van der Waals surface area contributed by atoms with Gasteiger partial charge in [-0.25, -0.2) is 4.79 Å². The van der Waals surface area contributed by atoms with Crippen molar-refractivity contribution in [2.75, 3.05) is 7.11 Å². The van der Waals surface area contributed by atoms with Gasteiger partial charge in [-0.15, -0.1) is 0 Å². The highest BCUT2D eigenvalue weighted by atomic mass is 32.2. The quantitative estimate of drug-likeness (QED) is 0.588. The maximum Gasteiger partial charge on any atom is 0.341 e. The molecule has 5 nitrogen and oxygen atoms in total. The van der Waals surface area contributed by atoms with E-state index in [2.05, 4.69) is 15.5 Å². The standard InChI is InChI=1S/C10H10O5S/c1-3-16(12,13)15-9-7-5-4-6-8(9)10(11)14-2/h3-7H,1H2,2H3. The van der Waals surface area contributed by atoms with Crippen LogP contribution in [0.2, 0.25) is 0 Å². The van der Waals surface area contributed by atoms with Crippen molar-refractivity contribution in [2.45, 2.75) is 0 Å². The molecular formula is C10H10O5S. The van der Waals surface area contributed by atoms with Crippen molar-refractivity contribution in [3.8, 4) is 5.75 Å². The number of hydrogen-bond donors (Lipinski definition) is 0. The Morgan fingerprint density at radius 1 is 1.38 bits per heavy atom. The second kappa shape index (κ2) is 4.80. The molecule has 0 aliphatic rings. The average molecular weight is 242 g/mol. The second-order valence-electron chi connectivity index (χ2n) is 2.73. The van der Waals surface area contributed by atoms with Crippen molar-refractivity contribution in [1.82, 2.24) is 0 Å². The smallest absolute Gasteiger partial charge is 0.341 e. The molecule has 0 aromatic heterocycles. The highest BCUT2D eigenvalue weighted by Crippen LogP contribution is 2.20. The van der Waals surface area contributed by atoms with E-state index in [1.165, 1.54) is 19.2 Å². The molecule has 0 bridgehead atoms. The summed E-state index contributed by atoms with van der Waals surface area (Å²) in [7, 11) is -2.69. The van der Waals surface area contributed by atoms with E-state index in [1.54, 1.807) is 12.1 Å². The lowest BCUT2D eigenvalue weighted by molar-refractivity contribution is 0.0599. The highest BCUT2D eigenvalue weighted by molar-refractivity contribution is 7.90. The fourth-order valence-electron chi connectivity index (χ4n) is 0.977. The van der Waals surface area contributed by atoms with Gasteiger partial charge < -0.3 is 8.92 Å². The average Bonchev–Trinajstić information content (AvgIpc) is 2.28. The molecule has 86 valence electrons. The van der Waals surface area contributed by atoms with E-state index in [-0.39, 0.29) is 11.3 Å². The summed E-state index contributed by atoms with van der Waals surface area (Å²) in [6, 6.07) is 5.87. The van der Waals surface area contributed by atoms with Crippen LogP contribution >= 0.6 is 0 Å². The molecular weight excluding hydrogens is 232 g/mol. The van der Waals surface area contributed by atoms with Gasteiger partial charge in [-0.3, -0.25) is 0 Å². The highest BCUT2D eigenvalue weighted by Gasteiger charge is 2.16. The molecule has 0 aliphatic heterocycles. The van der Waals surface area contributed by atoms with Gasteiger partial charge in [0.1, 0.15) is 5.56 Å². The molecule has 16 heavy (non-hydrogen) atoms. The predicted octanol–water partition coefficient (Wildman–Crippen LogP) is 1.33. The molecule has 0 N–H and O–H groups in total. The molecule has 6 heteroatoms. The SMILES string of the molecule is C=CS(=O)(=O)Oc1ccccc1C(=O)OC. The van der Waals surface area contributed by atoms with Gasteiger partial charge in [0.25, 0.3) is 0 Å². The Balaban J connectivity index is 3.14. The Hall–Kier alpha value is -1.82. The fraction of sp³-hybridized carbons (Fsp3) is 0.100. The molecule has 1 aromatic carbocycles. The van der Waals surface area contributed by atoms with Crippen LogP contribution in [0.3, 0.4) is 0 Å². The van der Waals surface area contributed by atoms with Crippen LogP contribution in [-0.4, -0.2) is 21.5 Å². The van der Waals surface area contributed by atoms with Gasteiger partial charge >= 0.3 is 16.1 Å². The minimum atomic E-state index is -3.88. The van der Waals surface area contributed by atoms with Gasteiger partial charge in [0.2, 0.25) is 0 Å². The van der Waals surface area contributed by atoms with Crippen molar-refractivity contribution >= 4 is 16.1 Å². The van der Waals surface area contributed by atoms with E-state index < -0.39 is 16.1 Å². The lowest BCUT2D eigenvalue weighted by Crippen LogP contribution is -2.09. The number of carbonyl (C=O) groups excluding carboxylic acids is 1. The zero-order chi connectivity index (χ0) is 12.2. The Bertz CT molecular complexity index is 504. The number of para-hydroxylation sites is 1. The summed E-state index contributed by atoms with van der Waals surface area (Å²) < 4.78 is 31.4. The van der Waals surface area contributed by atoms with Crippen LogP contribution < -0.4 is 4.18 Å². The summed E-state index contributed by atoms with van der Waals surface area (Å²) in [5, 5.41) is 0.654. The first kappa shape index (κ1) is 12.3. The van der Waals surface area contributed by atoms with Gasteiger partial charge in [0.05, 0.1) is 12.5 Å². The summed E-state index contributed by atoms with van der Waals surface area (Å²) in [5.74, 6) is -0.760. The zero-order valence-corrected chi connectivity index (χ0v) is 9.36. The third-order valence-corrected chi connectivity index (χ3v) is 2.52. The number of hydrogen-bond acceptors (Lipinski definition) is 5. The summed E-state index contributed by atoms with van der Waals surface area (Å²) in [6.07, 6.45) is 0. The Morgan fingerprint density at radius 3 is 2.56 bits per heavy atom. The van der Waals surface area contributed by atoms with Crippen molar-refractivity contribution in [2.24, 2.45) is 0 Å². The molecule has 0 atom stereocenters. The minimum Gasteiger partial charge on any atom is -0.465 e. The molecule has 0 fully saturated rings. The maximum absolute atomic E-state index is 11.3. The van der Waals surface area contributed by atoms with E-state index in [9.17, 15) is 13.2 Å². The maximum atomic E-state index is 11.3. The second-order valence-corrected chi connectivity index (χ2v) is 4.22. The van der Waals surface area contributed by atoms with Crippen LogP contribution in [0, 0.1) is 0 Å². The third kappa shape index (κ3) is 2.83. The lowest BCUT2D eigenvalue weighted by atomic mass is 10.2. The van der Waals surface area contributed by atoms with Crippen molar-refractivity contribution < 1.29 is 22.1 Å². The molecule has 0 saturated heterocycles. The Morgan fingerprint density at radius 2 is 2.00 bits per heavy atom. The van der Waals surface area contributed by atoms with E-state index in [1.807, 2.05) is 0 Å². The number of carbonyl (C=O) groups is 1. The topological polar surface area (TPSA) is 69.7 Å². The molecule has 0 spiro atoms. The van der Waals surface area contributed by atoms with Crippen molar-refractivity contribution in [3.05, 3.63) is 41.8 Å². The van der Waals surface area contributed by atoms with Crippen LogP contribution in [0.1, 0.15) is 10.4 Å². The van der Waals surface area contributed by atoms with Crippen molar-refractivity contribution in [3.63, 3.8) is 0 Å². The van der Waals surface area contributed by atoms with Crippen molar-refractivity contribution in [1.29, 1.82) is 0 Å². The molecule has 0 radical (unpaired) electrons. The number of methoxy groups -OCH3 is 1. The molecule has 0 amide bonds. The molecule has 1 rings (SSSR count). The van der Waals surface area contributed by atoms with Crippen LogP contribution in [-0.2, 0) is 14.9 Å². The van der Waals surface area contributed by atoms with E-state index >= 15 is 0 Å². The lowest BCUT2D eigenvalue weighted by Gasteiger charge is -2.07. The van der Waals surface area contributed by atoms with E-state index in [0.717, 1.165) is 0 Å². The van der Waals surface area contributed by atoms with E-state index in [4.69, 9.17) is 0 Å². The Labute approximate surface area is 93.4 Å². The number of esters is 1. The summed E-state index contributed by atoms with van der Waals surface area (Å²) in [4.78, 5) is 11.3. The monoisotopic (exact) mass is 242 g/mol. The van der Waals surface area contributed by atoms with Crippen LogP contribution in [0.15, 0.2) is 36.3 Å². The molecule has 0 unspecified atom stereocenters. The van der Waals surface area contributed by atoms with Crippen LogP contribution in [0.4, 0.5) is 0 Å². The first-order valence-corrected chi connectivity index (χ1v) is 5.71. The first-order valence-electron chi connectivity index (χ1n) is 4.24. The number of benzene rings is 1. The number of ether oxygens (including phenoxy) is 1. The molecule has 1 aromatic rings. The predicted molar refractivity (Wildman–Crippen MR) is 57.5 cm³/mol. The molecule has 0 aliphatic carbocycles. The van der Waals surface area contributed by atoms with Crippen LogP contribution in [0.5, 0.6) is 5.75 Å². The summed E-state index contributed by atoms with van der Waals surface area (Å²) in [6.45, 7) is 3.09. The van der Waals surface area contributed by atoms with Gasteiger partial charge in [0, 0.05) is 0 Å². The largest absolute Gasteiger partial charge is 0.465 e. The third-order valence-electron chi connectivity index (χ3n) is 1.70. The van der Waals surface area contributed by atoms with Gasteiger partial charge in [0.15, 0.2) is 5.75 Å². The van der Waals surface area contributed by atoms with Crippen LogP contribution in [0.25, 0.3) is 0 Å². The summed E-state index contributed by atoms with van der Waals surface area (Å²) >= 11 is 0. The zero-order valence-electron chi connectivity index (χ0n) is 8.54. The summed E-state index contributed by atoms with van der Waals surface area (Å²) in [5.41, 5.74) is 0.0374. The fourth-order valence-corrected chi connectivity index (χ4v) is 1.44. The van der Waals surface area contributed by atoms with Gasteiger partial charge in [-0.2, -0.15) is 8.42 Å². The molecule has 0 heterocycles. The van der Waals surface area contributed by atoms with Gasteiger partial charge in [-0.05, 0) is 12.1 Å². The van der Waals surface area contributed by atoms with E-state index in [0.29, 0.717) is 5.41 Å². The Kier molecular flexibility index (Phi) is 3.68.